The molecular formula is C10H9F3N2OS. The van der Waals surface area contributed by atoms with Crippen LogP contribution in [0.25, 0.3) is 10.1 Å². The second-order valence-corrected chi connectivity index (χ2v) is 4.58. The lowest BCUT2D eigenvalue weighted by atomic mass is 10.1. The fourth-order valence-electron chi connectivity index (χ4n) is 1.46. The molecule has 0 saturated heterocycles. The van der Waals surface area contributed by atoms with Crippen molar-refractivity contribution in [3.8, 4) is 0 Å². The summed E-state index contributed by atoms with van der Waals surface area (Å²) in [5, 5.41) is 9.85. The van der Waals surface area contributed by atoms with Gasteiger partial charge in [0.1, 0.15) is 0 Å². The van der Waals surface area contributed by atoms with E-state index in [-0.39, 0.29) is 0 Å². The minimum absolute atomic E-state index is 0.439. The van der Waals surface area contributed by atoms with E-state index in [1.807, 2.05) is 0 Å². The number of nitrogens with one attached hydrogen (secondary N) is 1. The Morgan fingerprint density at radius 1 is 1.29 bits per heavy atom. The zero-order chi connectivity index (χ0) is 12.6. The quantitative estimate of drug-likeness (QED) is 0.442. The zero-order valence-electron chi connectivity index (χ0n) is 8.45. The summed E-state index contributed by atoms with van der Waals surface area (Å²) in [7, 11) is 0. The van der Waals surface area contributed by atoms with Crippen molar-refractivity contribution in [2.75, 3.05) is 0 Å². The first kappa shape index (κ1) is 12.3. The topological polar surface area (TPSA) is 58.3 Å². The Morgan fingerprint density at radius 2 is 2.00 bits per heavy atom. The molecule has 7 heteroatoms. The maximum absolute atomic E-state index is 12.5. The number of hydrazine groups is 1. The van der Waals surface area contributed by atoms with E-state index in [2.05, 4.69) is 5.43 Å². The molecule has 0 amide bonds. The number of fused-ring (bicyclic) bond motifs is 1. The average molecular weight is 262 g/mol. The Hall–Kier alpha value is -1.15. The van der Waals surface area contributed by atoms with Crippen LogP contribution < -0.4 is 11.3 Å². The summed E-state index contributed by atoms with van der Waals surface area (Å²) in [5.74, 6) is 5.05. The summed E-state index contributed by atoms with van der Waals surface area (Å²) < 4.78 is 38.1. The van der Waals surface area contributed by atoms with Crippen molar-refractivity contribution >= 4 is 21.4 Å². The molecule has 1 heterocycles. The number of hydrogen-bond donors (Lipinski definition) is 3. The molecule has 2 rings (SSSR count). The summed E-state index contributed by atoms with van der Waals surface area (Å²) in [6, 6.07) is 4.94. The van der Waals surface area contributed by atoms with Gasteiger partial charge in [0.05, 0.1) is 10.4 Å². The van der Waals surface area contributed by atoms with Crippen LogP contribution >= 0.6 is 11.3 Å². The third kappa shape index (κ3) is 2.42. The van der Waals surface area contributed by atoms with Gasteiger partial charge in [-0.2, -0.15) is 13.2 Å². The second kappa shape index (κ2) is 4.26. The Labute approximate surface area is 98.6 Å². The smallest absolute Gasteiger partial charge is 0.372 e. The van der Waals surface area contributed by atoms with Crippen LogP contribution in [0, 0.1) is 0 Å². The van der Waals surface area contributed by atoms with Crippen molar-refractivity contribution in [3.05, 3.63) is 34.7 Å². The SMILES string of the molecule is NNC(O)c1cc2cc(C(F)(F)F)ccc2s1. The van der Waals surface area contributed by atoms with Gasteiger partial charge in [0, 0.05) is 4.70 Å². The van der Waals surface area contributed by atoms with Crippen LogP contribution in [0.2, 0.25) is 0 Å². The number of aliphatic hydroxyl groups is 1. The highest BCUT2D eigenvalue weighted by Crippen LogP contribution is 2.35. The van der Waals surface area contributed by atoms with Gasteiger partial charge in [0.2, 0.25) is 0 Å². The monoisotopic (exact) mass is 262 g/mol. The number of benzene rings is 1. The van der Waals surface area contributed by atoms with Crippen LogP contribution in [-0.4, -0.2) is 5.11 Å². The summed E-state index contributed by atoms with van der Waals surface area (Å²) in [6.45, 7) is 0. The highest BCUT2D eigenvalue weighted by molar-refractivity contribution is 7.19. The highest BCUT2D eigenvalue weighted by atomic mass is 32.1. The van der Waals surface area contributed by atoms with Gasteiger partial charge in [-0.3, -0.25) is 5.84 Å². The predicted molar refractivity (Wildman–Crippen MR) is 59.1 cm³/mol. The molecule has 0 spiro atoms. The predicted octanol–water partition coefficient (Wildman–Crippen LogP) is 2.37. The Kier molecular flexibility index (Phi) is 3.09. The maximum Gasteiger partial charge on any atom is 0.416 e. The molecule has 2 aromatic rings. The largest absolute Gasteiger partial charge is 0.416 e. The van der Waals surface area contributed by atoms with Crippen molar-refractivity contribution < 1.29 is 18.3 Å². The van der Waals surface area contributed by atoms with E-state index in [0.717, 1.165) is 12.1 Å². The first-order chi connectivity index (χ1) is 7.91. The van der Waals surface area contributed by atoms with E-state index >= 15 is 0 Å². The van der Waals surface area contributed by atoms with E-state index in [1.54, 1.807) is 0 Å². The molecule has 0 fully saturated rings. The maximum atomic E-state index is 12.5. The Bertz CT molecular complexity index is 538. The molecule has 4 N–H and O–H groups in total. The number of thiophene rings is 1. The van der Waals surface area contributed by atoms with Crippen LogP contribution in [0.4, 0.5) is 13.2 Å². The fourth-order valence-corrected chi connectivity index (χ4v) is 2.45. The lowest BCUT2D eigenvalue weighted by molar-refractivity contribution is -0.137. The molecule has 0 radical (unpaired) electrons. The minimum atomic E-state index is -4.36. The number of aliphatic hydroxyl groups excluding tert-OH is 1. The molecule has 3 nitrogen and oxygen atoms in total. The zero-order valence-corrected chi connectivity index (χ0v) is 9.27. The van der Waals surface area contributed by atoms with E-state index in [0.29, 0.717) is 15.0 Å². The summed E-state index contributed by atoms with van der Waals surface area (Å²) in [4.78, 5) is 0.474. The van der Waals surface area contributed by atoms with E-state index in [1.165, 1.54) is 23.5 Å². The normalized spacial score (nSPS) is 14.2. The molecule has 0 saturated carbocycles. The minimum Gasteiger partial charge on any atom is -0.372 e. The Morgan fingerprint density at radius 3 is 2.59 bits per heavy atom. The molecular weight excluding hydrogens is 253 g/mol. The van der Waals surface area contributed by atoms with Gasteiger partial charge in [0.25, 0.3) is 0 Å². The molecule has 1 atom stereocenters. The van der Waals surface area contributed by atoms with Crippen LogP contribution in [0.15, 0.2) is 24.3 Å². The number of nitrogens with two attached hydrogens (primary N) is 1. The van der Waals surface area contributed by atoms with Crippen molar-refractivity contribution in [1.29, 1.82) is 0 Å². The van der Waals surface area contributed by atoms with Crippen LogP contribution in [0.3, 0.4) is 0 Å². The standard InChI is InChI=1S/C10H9F3N2OS/c11-10(12,13)6-1-2-7-5(3-6)4-8(17-7)9(16)15-14/h1-4,9,15-16H,14H2. The third-order valence-corrected chi connectivity index (χ3v) is 3.46. The molecule has 1 aromatic carbocycles. The molecule has 1 aromatic heterocycles. The lowest BCUT2D eigenvalue weighted by Crippen LogP contribution is -2.26. The van der Waals surface area contributed by atoms with Crippen LogP contribution in [-0.2, 0) is 6.18 Å². The number of hydrogen-bond acceptors (Lipinski definition) is 4. The summed E-state index contributed by atoms with van der Waals surface area (Å²) in [5.41, 5.74) is 1.43. The molecule has 1 unspecified atom stereocenters. The van der Waals surface area contributed by atoms with Crippen molar-refractivity contribution in [3.63, 3.8) is 0 Å². The first-order valence-electron chi connectivity index (χ1n) is 4.66. The van der Waals surface area contributed by atoms with E-state index in [4.69, 9.17) is 5.84 Å². The van der Waals surface area contributed by atoms with Gasteiger partial charge in [-0.25, -0.2) is 5.43 Å². The van der Waals surface area contributed by atoms with Gasteiger partial charge in [-0.1, -0.05) is 0 Å². The average Bonchev–Trinajstić information content (AvgIpc) is 2.69. The summed E-state index contributed by atoms with van der Waals surface area (Å²) in [6.07, 6.45) is -5.43. The number of rotatable bonds is 2. The first-order valence-corrected chi connectivity index (χ1v) is 5.48. The highest BCUT2D eigenvalue weighted by Gasteiger charge is 2.30. The molecule has 0 aliphatic heterocycles. The molecule has 0 bridgehead atoms. The van der Waals surface area contributed by atoms with Gasteiger partial charge in [-0.05, 0) is 29.7 Å². The van der Waals surface area contributed by atoms with E-state index in [9.17, 15) is 18.3 Å². The van der Waals surface area contributed by atoms with E-state index < -0.39 is 18.0 Å². The van der Waals surface area contributed by atoms with Crippen LogP contribution in [0.5, 0.6) is 0 Å². The van der Waals surface area contributed by atoms with Crippen molar-refractivity contribution in [2.24, 2.45) is 5.84 Å². The number of halogens is 3. The molecule has 0 aliphatic rings. The van der Waals surface area contributed by atoms with Crippen molar-refractivity contribution in [2.45, 2.75) is 12.4 Å². The molecule has 92 valence electrons. The van der Waals surface area contributed by atoms with Crippen molar-refractivity contribution in [1.82, 2.24) is 5.43 Å². The molecule has 17 heavy (non-hydrogen) atoms. The fraction of sp³-hybridized carbons (Fsp3) is 0.200. The van der Waals surface area contributed by atoms with Crippen LogP contribution in [0.1, 0.15) is 16.7 Å². The van der Waals surface area contributed by atoms with Gasteiger partial charge in [0.15, 0.2) is 6.23 Å². The van der Waals surface area contributed by atoms with Gasteiger partial charge >= 0.3 is 6.18 Å². The Balaban J connectivity index is 2.48. The number of alkyl halides is 3. The van der Waals surface area contributed by atoms with Gasteiger partial charge < -0.3 is 5.11 Å². The molecule has 0 aliphatic carbocycles. The second-order valence-electron chi connectivity index (χ2n) is 3.47. The lowest BCUT2D eigenvalue weighted by Gasteiger charge is -2.05. The third-order valence-electron chi connectivity index (χ3n) is 2.29. The summed E-state index contributed by atoms with van der Waals surface area (Å²) >= 11 is 1.19. The van der Waals surface area contributed by atoms with Gasteiger partial charge in [-0.15, -0.1) is 11.3 Å².